The third-order valence-electron chi connectivity index (χ3n) is 5.68. The van der Waals surface area contributed by atoms with Gasteiger partial charge in [-0.25, -0.2) is 4.98 Å². The van der Waals surface area contributed by atoms with Crippen LogP contribution in [0.2, 0.25) is 0 Å². The highest BCUT2D eigenvalue weighted by Crippen LogP contribution is 2.37. The second-order valence-electron chi connectivity index (χ2n) is 8.03. The largest absolute Gasteiger partial charge is 0.459 e. The first-order chi connectivity index (χ1) is 15.6. The number of nitro benzene ring substituents is 1. The number of anilines is 1. The molecule has 1 saturated heterocycles. The van der Waals surface area contributed by atoms with E-state index >= 15 is 0 Å². The number of rotatable bonds is 5. The zero-order valence-electron chi connectivity index (χ0n) is 17.7. The van der Waals surface area contributed by atoms with Crippen LogP contribution in [-0.2, 0) is 22.3 Å². The molecule has 1 aliphatic rings. The molecule has 1 aromatic carbocycles. The SMILES string of the molecule is Cc1ccc2nc(COC(=O)C3CCN(c4ccc(C(F)(F)F)cc4[N+](=O)[O-])CC3)cn2c1. The molecule has 0 N–H and O–H groups in total. The van der Waals surface area contributed by atoms with Crippen molar-refractivity contribution in [2.45, 2.75) is 32.5 Å². The molecule has 11 heteroatoms. The molecule has 0 unspecified atom stereocenters. The molecule has 3 aromatic rings. The lowest BCUT2D eigenvalue weighted by Crippen LogP contribution is -2.37. The first kappa shape index (κ1) is 22.6. The second-order valence-corrected chi connectivity index (χ2v) is 8.03. The number of nitro groups is 1. The van der Waals surface area contributed by atoms with Crippen molar-refractivity contribution >= 4 is 23.0 Å². The zero-order chi connectivity index (χ0) is 23.8. The molecule has 2 aromatic heterocycles. The van der Waals surface area contributed by atoms with Crippen molar-refractivity contribution in [2.24, 2.45) is 5.92 Å². The Kier molecular flexibility index (Phi) is 5.96. The summed E-state index contributed by atoms with van der Waals surface area (Å²) in [6.45, 7) is 2.58. The Hall–Kier alpha value is -3.63. The maximum Gasteiger partial charge on any atom is 0.416 e. The summed E-state index contributed by atoms with van der Waals surface area (Å²) >= 11 is 0. The molecular formula is C22H21F3N4O4. The Balaban J connectivity index is 1.37. The number of carbonyl (C=O) groups is 1. The van der Waals surface area contributed by atoms with Crippen LogP contribution in [0.25, 0.3) is 5.65 Å². The lowest BCUT2D eigenvalue weighted by Gasteiger charge is -2.32. The highest BCUT2D eigenvalue weighted by Gasteiger charge is 2.35. The highest BCUT2D eigenvalue weighted by atomic mass is 19.4. The van der Waals surface area contributed by atoms with Crippen LogP contribution in [0.15, 0.2) is 42.7 Å². The number of carbonyl (C=O) groups excluding carboxylic acids is 1. The van der Waals surface area contributed by atoms with E-state index in [4.69, 9.17) is 4.74 Å². The summed E-state index contributed by atoms with van der Waals surface area (Å²) in [5.74, 6) is -0.779. The number of imidazole rings is 1. The molecule has 3 heterocycles. The number of fused-ring (bicyclic) bond motifs is 1. The summed E-state index contributed by atoms with van der Waals surface area (Å²) in [4.78, 5) is 29.1. The lowest BCUT2D eigenvalue weighted by molar-refractivity contribution is -0.384. The molecule has 174 valence electrons. The lowest BCUT2D eigenvalue weighted by atomic mass is 9.96. The average Bonchev–Trinajstić information content (AvgIpc) is 3.18. The monoisotopic (exact) mass is 462 g/mol. The first-order valence-electron chi connectivity index (χ1n) is 10.3. The number of aryl methyl sites for hydroxylation is 1. The number of hydrogen-bond donors (Lipinski definition) is 0. The van der Waals surface area contributed by atoms with Crippen LogP contribution in [0.5, 0.6) is 0 Å². The van der Waals surface area contributed by atoms with Gasteiger partial charge in [-0.15, -0.1) is 0 Å². The van der Waals surface area contributed by atoms with Gasteiger partial charge in [0.15, 0.2) is 0 Å². The molecule has 33 heavy (non-hydrogen) atoms. The Morgan fingerprint density at radius 1 is 1.21 bits per heavy atom. The van der Waals surface area contributed by atoms with E-state index in [1.54, 1.807) is 11.1 Å². The number of esters is 1. The number of hydrogen-bond acceptors (Lipinski definition) is 6. The molecule has 1 fully saturated rings. The maximum absolute atomic E-state index is 12.9. The van der Waals surface area contributed by atoms with Gasteiger partial charge in [-0.3, -0.25) is 14.9 Å². The van der Waals surface area contributed by atoms with Gasteiger partial charge in [-0.1, -0.05) is 6.07 Å². The van der Waals surface area contributed by atoms with Crippen LogP contribution in [0, 0.1) is 23.0 Å². The Labute approximate surface area is 186 Å². The molecular weight excluding hydrogens is 441 g/mol. The minimum atomic E-state index is -4.67. The summed E-state index contributed by atoms with van der Waals surface area (Å²) in [6.07, 6.45) is -0.200. The molecule has 0 bridgehead atoms. The summed E-state index contributed by atoms with van der Waals surface area (Å²) < 4.78 is 46.0. The Morgan fingerprint density at radius 3 is 2.61 bits per heavy atom. The average molecular weight is 462 g/mol. The van der Waals surface area contributed by atoms with Gasteiger partial charge in [0.05, 0.1) is 22.1 Å². The maximum atomic E-state index is 12.9. The van der Waals surface area contributed by atoms with E-state index in [0.29, 0.717) is 37.7 Å². The van der Waals surface area contributed by atoms with Crippen molar-refractivity contribution in [2.75, 3.05) is 18.0 Å². The molecule has 8 nitrogen and oxygen atoms in total. The van der Waals surface area contributed by atoms with E-state index in [2.05, 4.69) is 4.98 Å². The van der Waals surface area contributed by atoms with Crippen molar-refractivity contribution < 1.29 is 27.6 Å². The summed E-state index contributed by atoms with van der Waals surface area (Å²) in [5.41, 5.74) is 0.875. The topological polar surface area (TPSA) is 90.0 Å². The van der Waals surface area contributed by atoms with Crippen LogP contribution < -0.4 is 4.90 Å². The fourth-order valence-corrected chi connectivity index (χ4v) is 3.96. The van der Waals surface area contributed by atoms with E-state index in [9.17, 15) is 28.1 Å². The van der Waals surface area contributed by atoms with Gasteiger partial charge < -0.3 is 14.0 Å². The van der Waals surface area contributed by atoms with E-state index in [1.165, 1.54) is 0 Å². The minimum Gasteiger partial charge on any atom is -0.459 e. The van der Waals surface area contributed by atoms with Crippen molar-refractivity contribution in [1.82, 2.24) is 9.38 Å². The predicted molar refractivity (Wildman–Crippen MR) is 113 cm³/mol. The number of ether oxygens (including phenoxy) is 1. The molecule has 0 atom stereocenters. The zero-order valence-corrected chi connectivity index (χ0v) is 17.7. The number of benzene rings is 1. The van der Waals surface area contributed by atoms with Crippen molar-refractivity contribution in [3.05, 3.63) is 69.7 Å². The van der Waals surface area contributed by atoms with Gasteiger partial charge in [0.1, 0.15) is 17.9 Å². The standard InChI is InChI=1S/C22H21F3N4O4/c1-14-2-5-20-26-17(12-28(20)11-14)13-33-21(30)15-6-8-27(9-7-15)18-4-3-16(22(23,24)25)10-19(18)29(31)32/h2-5,10-12,15H,6-9,13H2,1H3. The molecule has 0 radical (unpaired) electrons. The van der Waals surface area contributed by atoms with Gasteiger partial charge in [0.25, 0.3) is 5.69 Å². The Morgan fingerprint density at radius 2 is 1.94 bits per heavy atom. The number of halogens is 3. The number of piperidine rings is 1. The van der Waals surface area contributed by atoms with E-state index in [1.807, 2.05) is 29.7 Å². The van der Waals surface area contributed by atoms with E-state index in [0.717, 1.165) is 23.3 Å². The minimum absolute atomic E-state index is 0.0319. The smallest absolute Gasteiger partial charge is 0.416 e. The number of alkyl halides is 3. The molecule has 0 saturated carbocycles. The Bertz CT molecular complexity index is 1200. The van der Waals surface area contributed by atoms with Gasteiger partial charge in [-0.2, -0.15) is 13.2 Å². The van der Waals surface area contributed by atoms with Crippen molar-refractivity contribution in [3.63, 3.8) is 0 Å². The molecule has 0 amide bonds. The fraction of sp³-hybridized carbons (Fsp3) is 0.364. The second kappa shape index (κ2) is 8.72. The van der Waals surface area contributed by atoms with Crippen molar-refractivity contribution in [1.29, 1.82) is 0 Å². The van der Waals surface area contributed by atoms with Crippen molar-refractivity contribution in [3.8, 4) is 0 Å². The van der Waals surface area contributed by atoms with E-state index < -0.39 is 28.3 Å². The third kappa shape index (κ3) is 4.91. The highest BCUT2D eigenvalue weighted by molar-refractivity contribution is 5.73. The normalized spacial score (nSPS) is 15.1. The number of aromatic nitrogens is 2. The summed E-state index contributed by atoms with van der Waals surface area (Å²) in [5, 5.41) is 11.3. The third-order valence-corrected chi connectivity index (χ3v) is 5.68. The summed E-state index contributed by atoms with van der Waals surface area (Å²) in [7, 11) is 0. The van der Waals surface area contributed by atoms with Crippen LogP contribution in [0.1, 0.15) is 29.7 Å². The molecule has 0 aliphatic carbocycles. The number of pyridine rings is 1. The van der Waals surface area contributed by atoms with Gasteiger partial charge in [-0.05, 0) is 43.5 Å². The van der Waals surface area contributed by atoms with Crippen LogP contribution >= 0.6 is 0 Å². The van der Waals surface area contributed by atoms with E-state index in [-0.39, 0.29) is 18.3 Å². The first-order valence-corrected chi connectivity index (χ1v) is 10.3. The predicted octanol–water partition coefficient (Wildman–Crippen LogP) is 4.53. The summed E-state index contributed by atoms with van der Waals surface area (Å²) in [6, 6.07) is 6.31. The van der Waals surface area contributed by atoms with Crippen LogP contribution in [0.4, 0.5) is 24.5 Å². The van der Waals surface area contributed by atoms with Crippen LogP contribution in [-0.4, -0.2) is 33.4 Å². The van der Waals surface area contributed by atoms with Gasteiger partial charge >= 0.3 is 12.1 Å². The quantitative estimate of drug-likeness (QED) is 0.314. The fourth-order valence-electron chi connectivity index (χ4n) is 3.96. The molecule has 4 rings (SSSR count). The number of nitrogens with zero attached hydrogens (tertiary/aromatic N) is 4. The van der Waals surface area contributed by atoms with Gasteiger partial charge in [0.2, 0.25) is 0 Å². The van der Waals surface area contributed by atoms with Gasteiger partial charge in [0, 0.05) is 31.5 Å². The molecule has 1 aliphatic heterocycles. The van der Waals surface area contributed by atoms with Crippen LogP contribution in [0.3, 0.4) is 0 Å². The molecule has 0 spiro atoms.